The number of rotatable bonds is 3. The van der Waals surface area contributed by atoms with Gasteiger partial charge in [0.1, 0.15) is 0 Å². The van der Waals surface area contributed by atoms with Crippen molar-refractivity contribution in [3.8, 4) is 6.07 Å². The molecule has 0 amide bonds. The van der Waals surface area contributed by atoms with Gasteiger partial charge in [0.15, 0.2) is 0 Å². The highest BCUT2D eigenvalue weighted by molar-refractivity contribution is 5.18. The van der Waals surface area contributed by atoms with E-state index < -0.39 is 5.41 Å². The van der Waals surface area contributed by atoms with Crippen LogP contribution in [0.2, 0.25) is 0 Å². The summed E-state index contributed by atoms with van der Waals surface area (Å²) in [5, 5.41) is 8.92. The van der Waals surface area contributed by atoms with Crippen LogP contribution in [0.4, 0.5) is 0 Å². The fraction of sp³-hybridized carbons (Fsp3) is 0.364. The summed E-state index contributed by atoms with van der Waals surface area (Å²) in [5.74, 6) is 0. The second kappa shape index (κ2) is 4.06. The van der Waals surface area contributed by atoms with E-state index in [0.29, 0.717) is 6.54 Å². The molecule has 2 N–H and O–H groups in total. The number of nitrogens with two attached hydrogens (primary N) is 1. The summed E-state index contributed by atoms with van der Waals surface area (Å²) in [7, 11) is 0. The van der Waals surface area contributed by atoms with E-state index in [9.17, 15) is 0 Å². The predicted molar refractivity (Wildman–Crippen MR) is 52.9 cm³/mol. The highest BCUT2D eigenvalue weighted by Gasteiger charge is 2.21. The molecule has 0 heterocycles. The molecule has 0 aliphatic carbocycles. The van der Waals surface area contributed by atoms with E-state index in [1.165, 1.54) is 0 Å². The molecule has 68 valence electrons. The Morgan fingerprint density at radius 1 is 1.38 bits per heavy atom. The van der Waals surface area contributed by atoms with E-state index in [0.717, 1.165) is 12.0 Å². The molecule has 0 radical (unpaired) electrons. The zero-order valence-corrected chi connectivity index (χ0v) is 7.83. The van der Waals surface area contributed by atoms with Gasteiger partial charge in [-0.15, -0.1) is 0 Å². The zero-order valence-electron chi connectivity index (χ0n) is 7.83. The first kappa shape index (κ1) is 9.76. The van der Waals surface area contributed by atoms with Crippen molar-refractivity contribution < 1.29 is 0 Å². The Morgan fingerprint density at radius 2 is 2.00 bits per heavy atom. The van der Waals surface area contributed by atoms with Crippen LogP contribution in [0.25, 0.3) is 0 Å². The largest absolute Gasteiger partial charge is 0.329 e. The normalized spacial score (nSPS) is 14.5. The molecule has 2 heteroatoms. The molecule has 1 aromatic carbocycles. The first-order chi connectivity index (χ1) is 6.20. The SMILES string of the molecule is CC(C#N)(CN)Cc1ccccc1. The summed E-state index contributed by atoms with van der Waals surface area (Å²) in [6, 6.07) is 12.2. The van der Waals surface area contributed by atoms with E-state index in [2.05, 4.69) is 6.07 Å². The molecule has 1 aromatic rings. The molecule has 1 rings (SSSR count). The van der Waals surface area contributed by atoms with Gasteiger partial charge in [-0.2, -0.15) is 5.26 Å². The van der Waals surface area contributed by atoms with Crippen LogP contribution < -0.4 is 5.73 Å². The topological polar surface area (TPSA) is 49.8 Å². The first-order valence-electron chi connectivity index (χ1n) is 4.35. The fourth-order valence-corrected chi connectivity index (χ4v) is 1.20. The second-order valence-electron chi connectivity index (χ2n) is 3.54. The predicted octanol–water partition coefficient (Wildman–Crippen LogP) is 1.72. The molecular formula is C11H14N2. The lowest BCUT2D eigenvalue weighted by Gasteiger charge is -2.18. The third-order valence-electron chi connectivity index (χ3n) is 2.16. The van der Waals surface area contributed by atoms with Crippen molar-refractivity contribution in [2.24, 2.45) is 11.1 Å². The van der Waals surface area contributed by atoms with Gasteiger partial charge in [-0.3, -0.25) is 0 Å². The van der Waals surface area contributed by atoms with E-state index in [1.807, 2.05) is 37.3 Å². The quantitative estimate of drug-likeness (QED) is 0.758. The van der Waals surface area contributed by atoms with Gasteiger partial charge in [0.2, 0.25) is 0 Å². The Balaban J connectivity index is 2.75. The van der Waals surface area contributed by atoms with Gasteiger partial charge in [0.05, 0.1) is 11.5 Å². The van der Waals surface area contributed by atoms with Crippen LogP contribution in [0.15, 0.2) is 30.3 Å². The molecule has 0 fully saturated rings. The third-order valence-corrected chi connectivity index (χ3v) is 2.16. The summed E-state index contributed by atoms with van der Waals surface area (Å²) in [6.07, 6.45) is 0.723. The summed E-state index contributed by atoms with van der Waals surface area (Å²) >= 11 is 0. The van der Waals surface area contributed by atoms with Gasteiger partial charge in [-0.05, 0) is 18.9 Å². The number of nitrogens with zero attached hydrogens (tertiary/aromatic N) is 1. The number of hydrogen-bond acceptors (Lipinski definition) is 2. The number of benzene rings is 1. The molecule has 0 spiro atoms. The van der Waals surface area contributed by atoms with Crippen LogP contribution in [0.1, 0.15) is 12.5 Å². The molecule has 0 aliphatic heterocycles. The summed E-state index contributed by atoms with van der Waals surface area (Å²) in [6.45, 7) is 2.29. The molecular weight excluding hydrogens is 160 g/mol. The van der Waals surface area contributed by atoms with Crippen molar-refractivity contribution in [1.82, 2.24) is 0 Å². The molecule has 1 atom stereocenters. The van der Waals surface area contributed by atoms with Crippen LogP contribution in [0.5, 0.6) is 0 Å². The number of hydrogen-bond donors (Lipinski definition) is 1. The lowest BCUT2D eigenvalue weighted by atomic mass is 9.85. The van der Waals surface area contributed by atoms with Gasteiger partial charge in [0, 0.05) is 6.54 Å². The smallest absolute Gasteiger partial charge is 0.0708 e. The van der Waals surface area contributed by atoms with Gasteiger partial charge in [-0.25, -0.2) is 0 Å². The van der Waals surface area contributed by atoms with Gasteiger partial charge in [-0.1, -0.05) is 30.3 Å². The van der Waals surface area contributed by atoms with E-state index in [-0.39, 0.29) is 0 Å². The molecule has 1 unspecified atom stereocenters. The van der Waals surface area contributed by atoms with Crippen molar-refractivity contribution in [2.75, 3.05) is 6.54 Å². The molecule has 0 saturated carbocycles. The van der Waals surface area contributed by atoms with Crippen LogP contribution >= 0.6 is 0 Å². The Labute approximate surface area is 79.0 Å². The summed E-state index contributed by atoms with van der Waals surface area (Å²) < 4.78 is 0. The highest BCUT2D eigenvalue weighted by atomic mass is 14.6. The average Bonchev–Trinajstić information content (AvgIpc) is 2.19. The van der Waals surface area contributed by atoms with Crippen LogP contribution in [-0.4, -0.2) is 6.54 Å². The maximum Gasteiger partial charge on any atom is 0.0708 e. The molecule has 2 nitrogen and oxygen atoms in total. The number of nitriles is 1. The van der Waals surface area contributed by atoms with E-state index in [1.54, 1.807) is 0 Å². The minimum absolute atomic E-state index is 0.401. The lowest BCUT2D eigenvalue weighted by Crippen LogP contribution is -2.27. The lowest BCUT2D eigenvalue weighted by molar-refractivity contribution is 0.452. The molecule has 0 aromatic heterocycles. The minimum Gasteiger partial charge on any atom is -0.329 e. The van der Waals surface area contributed by atoms with E-state index in [4.69, 9.17) is 11.0 Å². The van der Waals surface area contributed by atoms with Gasteiger partial charge in [0.25, 0.3) is 0 Å². The second-order valence-corrected chi connectivity index (χ2v) is 3.54. The first-order valence-corrected chi connectivity index (χ1v) is 4.35. The minimum atomic E-state index is -0.429. The summed E-state index contributed by atoms with van der Waals surface area (Å²) in [4.78, 5) is 0. The third kappa shape index (κ3) is 2.57. The molecule has 0 bridgehead atoms. The monoisotopic (exact) mass is 174 g/mol. The fourth-order valence-electron chi connectivity index (χ4n) is 1.20. The Bertz CT molecular complexity index is 300. The molecule has 0 saturated heterocycles. The van der Waals surface area contributed by atoms with Crippen molar-refractivity contribution in [3.05, 3.63) is 35.9 Å². The van der Waals surface area contributed by atoms with Crippen LogP contribution in [-0.2, 0) is 6.42 Å². The van der Waals surface area contributed by atoms with Crippen molar-refractivity contribution in [1.29, 1.82) is 5.26 Å². The summed E-state index contributed by atoms with van der Waals surface area (Å²) in [5.41, 5.74) is 6.28. The van der Waals surface area contributed by atoms with E-state index >= 15 is 0 Å². The van der Waals surface area contributed by atoms with Crippen molar-refractivity contribution >= 4 is 0 Å². The zero-order chi connectivity index (χ0) is 9.73. The molecule has 0 aliphatic rings. The van der Waals surface area contributed by atoms with Crippen molar-refractivity contribution in [2.45, 2.75) is 13.3 Å². The van der Waals surface area contributed by atoms with Gasteiger partial charge < -0.3 is 5.73 Å². The average molecular weight is 174 g/mol. The highest BCUT2D eigenvalue weighted by Crippen LogP contribution is 2.19. The van der Waals surface area contributed by atoms with Gasteiger partial charge >= 0.3 is 0 Å². The van der Waals surface area contributed by atoms with Crippen molar-refractivity contribution in [3.63, 3.8) is 0 Å². The standard InChI is InChI=1S/C11H14N2/c1-11(8-12,9-13)7-10-5-3-2-4-6-10/h2-6H,7-8,12H2,1H3. The molecule has 13 heavy (non-hydrogen) atoms. The Morgan fingerprint density at radius 3 is 2.46 bits per heavy atom. The maximum atomic E-state index is 8.92. The maximum absolute atomic E-state index is 8.92. The van der Waals surface area contributed by atoms with Crippen LogP contribution in [0, 0.1) is 16.7 Å². The van der Waals surface area contributed by atoms with Crippen LogP contribution in [0.3, 0.4) is 0 Å². The Kier molecular flexibility index (Phi) is 3.05. The Hall–Kier alpha value is -1.33.